The lowest BCUT2D eigenvalue weighted by molar-refractivity contribution is -0.159. The quantitative estimate of drug-likeness (QED) is 0.618. The van der Waals surface area contributed by atoms with Crippen LogP contribution in [0.2, 0.25) is 0 Å². The molecule has 114 valence electrons. The highest BCUT2D eigenvalue weighted by molar-refractivity contribution is 7.99. The first-order valence-electron chi connectivity index (χ1n) is 5.36. The first kappa shape index (κ1) is 15.7. The van der Waals surface area contributed by atoms with E-state index in [2.05, 4.69) is 14.7 Å². The van der Waals surface area contributed by atoms with E-state index in [1.54, 1.807) is 0 Å². The Morgan fingerprint density at radius 2 is 1.62 bits per heavy atom. The van der Waals surface area contributed by atoms with Crippen LogP contribution in [-0.2, 0) is 6.18 Å². The van der Waals surface area contributed by atoms with Gasteiger partial charge in [0.25, 0.3) is 0 Å². The number of benzene rings is 1. The standard InChI is InChI=1S/C11H6F6N2OS/c12-10(13,14)5-21-7-3-1-6(2-4-7)8-18-9(20-19-8)11(15,16)17/h1-4H,5H2. The Morgan fingerprint density at radius 3 is 2.10 bits per heavy atom. The average molecular weight is 328 g/mol. The van der Waals surface area contributed by atoms with Crippen molar-refractivity contribution < 1.29 is 30.9 Å². The van der Waals surface area contributed by atoms with Gasteiger partial charge in [-0.05, 0) is 24.3 Å². The predicted molar refractivity (Wildman–Crippen MR) is 61.5 cm³/mol. The van der Waals surface area contributed by atoms with Crippen LogP contribution in [0.15, 0.2) is 33.7 Å². The molecule has 3 nitrogen and oxygen atoms in total. The van der Waals surface area contributed by atoms with Crippen LogP contribution in [0.5, 0.6) is 0 Å². The van der Waals surface area contributed by atoms with Gasteiger partial charge in [0.2, 0.25) is 5.82 Å². The maximum Gasteiger partial charge on any atom is 0.471 e. The third-order valence-corrected chi connectivity index (χ3v) is 3.26. The van der Waals surface area contributed by atoms with Gasteiger partial charge >= 0.3 is 18.2 Å². The van der Waals surface area contributed by atoms with Crippen LogP contribution in [0, 0.1) is 0 Å². The van der Waals surface area contributed by atoms with Crippen LogP contribution in [0.1, 0.15) is 5.89 Å². The molecule has 0 radical (unpaired) electrons. The first-order chi connectivity index (χ1) is 9.65. The van der Waals surface area contributed by atoms with Crippen molar-refractivity contribution in [2.24, 2.45) is 0 Å². The van der Waals surface area contributed by atoms with Crippen LogP contribution in [0.3, 0.4) is 0 Å². The second kappa shape index (κ2) is 5.58. The van der Waals surface area contributed by atoms with Crippen LogP contribution < -0.4 is 0 Å². The summed E-state index contributed by atoms with van der Waals surface area (Å²) in [5.74, 6) is -2.81. The Balaban J connectivity index is 2.10. The minimum Gasteiger partial charge on any atom is -0.329 e. The molecule has 10 heteroatoms. The molecule has 0 N–H and O–H groups in total. The lowest BCUT2D eigenvalue weighted by Crippen LogP contribution is -2.10. The SMILES string of the molecule is FC(F)(F)CSc1ccc(-c2noc(C(F)(F)F)n2)cc1. The number of aromatic nitrogens is 2. The number of alkyl halides is 6. The van der Waals surface area contributed by atoms with E-state index in [1.165, 1.54) is 24.3 Å². The summed E-state index contributed by atoms with van der Waals surface area (Å²) in [6, 6.07) is 5.33. The van der Waals surface area contributed by atoms with Crippen molar-refractivity contribution in [2.45, 2.75) is 17.2 Å². The Hall–Kier alpha value is -1.71. The molecule has 1 aromatic carbocycles. The average Bonchev–Trinajstić information content (AvgIpc) is 2.85. The van der Waals surface area contributed by atoms with E-state index in [1.807, 2.05) is 0 Å². The zero-order valence-electron chi connectivity index (χ0n) is 10.00. The molecule has 0 aliphatic rings. The molecule has 0 atom stereocenters. The monoisotopic (exact) mass is 328 g/mol. The number of nitrogens with zero attached hydrogens (tertiary/aromatic N) is 2. The van der Waals surface area contributed by atoms with Gasteiger partial charge in [-0.1, -0.05) is 5.16 Å². The van der Waals surface area contributed by atoms with Crippen molar-refractivity contribution >= 4 is 11.8 Å². The second-order valence-corrected chi connectivity index (χ2v) is 4.90. The molecule has 0 saturated carbocycles. The van der Waals surface area contributed by atoms with Crippen molar-refractivity contribution in [1.82, 2.24) is 10.1 Å². The van der Waals surface area contributed by atoms with Gasteiger partial charge in [-0.3, -0.25) is 0 Å². The Kier molecular flexibility index (Phi) is 4.17. The highest BCUT2D eigenvalue weighted by Gasteiger charge is 2.38. The number of thioether (sulfide) groups is 1. The van der Waals surface area contributed by atoms with Crippen LogP contribution >= 0.6 is 11.8 Å². The van der Waals surface area contributed by atoms with E-state index in [-0.39, 0.29) is 11.4 Å². The van der Waals surface area contributed by atoms with E-state index in [0.29, 0.717) is 16.7 Å². The minimum atomic E-state index is -4.74. The number of halogens is 6. The lowest BCUT2D eigenvalue weighted by Gasteiger charge is -2.05. The number of hydrogen-bond acceptors (Lipinski definition) is 4. The van der Waals surface area contributed by atoms with Crippen LogP contribution in [0.4, 0.5) is 26.3 Å². The molecule has 0 spiro atoms. The third kappa shape index (κ3) is 4.38. The van der Waals surface area contributed by atoms with E-state index >= 15 is 0 Å². The van der Waals surface area contributed by atoms with Gasteiger partial charge in [0, 0.05) is 10.5 Å². The molecule has 0 unspecified atom stereocenters. The highest BCUT2D eigenvalue weighted by atomic mass is 32.2. The van der Waals surface area contributed by atoms with Gasteiger partial charge in [0.15, 0.2) is 0 Å². The summed E-state index contributed by atoms with van der Waals surface area (Å²) in [6.07, 6.45) is -9.04. The van der Waals surface area contributed by atoms with E-state index < -0.39 is 24.0 Å². The van der Waals surface area contributed by atoms with Crippen molar-refractivity contribution in [2.75, 3.05) is 5.75 Å². The summed E-state index contributed by atoms with van der Waals surface area (Å²) < 4.78 is 77.0. The zero-order chi connectivity index (χ0) is 15.7. The molecule has 0 saturated heterocycles. The molecule has 0 aliphatic heterocycles. The minimum absolute atomic E-state index is 0.214. The molecule has 0 fully saturated rings. The van der Waals surface area contributed by atoms with Crippen LogP contribution in [-0.4, -0.2) is 22.1 Å². The second-order valence-electron chi connectivity index (χ2n) is 3.85. The van der Waals surface area contributed by atoms with E-state index in [9.17, 15) is 26.3 Å². The number of rotatable bonds is 3. The molecule has 0 aliphatic carbocycles. The molecular weight excluding hydrogens is 322 g/mol. The summed E-state index contributed by atoms with van der Waals surface area (Å²) in [5.41, 5.74) is 0.214. The van der Waals surface area contributed by atoms with E-state index in [4.69, 9.17) is 0 Å². The summed E-state index contributed by atoms with van der Waals surface area (Å²) in [5, 5.41) is 3.17. The van der Waals surface area contributed by atoms with Crippen LogP contribution in [0.25, 0.3) is 11.4 Å². The topological polar surface area (TPSA) is 38.9 Å². The first-order valence-corrected chi connectivity index (χ1v) is 6.34. The molecule has 0 bridgehead atoms. The molecule has 1 aromatic heterocycles. The van der Waals surface area contributed by atoms with Crippen molar-refractivity contribution in [3.8, 4) is 11.4 Å². The number of hydrogen-bond donors (Lipinski definition) is 0. The maximum absolute atomic E-state index is 12.3. The van der Waals surface area contributed by atoms with Gasteiger partial charge in [-0.25, -0.2) is 0 Å². The van der Waals surface area contributed by atoms with Crippen molar-refractivity contribution in [1.29, 1.82) is 0 Å². The fourth-order valence-corrected chi connectivity index (χ4v) is 1.98. The van der Waals surface area contributed by atoms with Gasteiger partial charge in [-0.2, -0.15) is 31.3 Å². The van der Waals surface area contributed by atoms with Gasteiger partial charge in [-0.15, -0.1) is 11.8 Å². The summed E-state index contributed by atoms with van der Waals surface area (Å²) in [6.45, 7) is 0. The fraction of sp³-hybridized carbons (Fsp3) is 0.273. The maximum atomic E-state index is 12.3. The van der Waals surface area contributed by atoms with Gasteiger partial charge in [0.05, 0.1) is 5.75 Å². The van der Waals surface area contributed by atoms with E-state index in [0.717, 1.165) is 0 Å². The Morgan fingerprint density at radius 1 is 1.00 bits per heavy atom. The Labute approximate surface area is 118 Å². The summed E-state index contributed by atoms with van der Waals surface area (Å²) >= 11 is 0.571. The molecule has 21 heavy (non-hydrogen) atoms. The zero-order valence-corrected chi connectivity index (χ0v) is 10.8. The summed E-state index contributed by atoms with van der Waals surface area (Å²) in [4.78, 5) is 3.51. The molecule has 1 heterocycles. The highest BCUT2D eigenvalue weighted by Crippen LogP contribution is 2.31. The normalized spacial score (nSPS) is 12.7. The smallest absolute Gasteiger partial charge is 0.329 e. The van der Waals surface area contributed by atoms with Gasteiger partial charge < -0.3 is 4.52 Å². The lowest BCUT2D eigenvalue weighted by atomic mass is 10.2. The molecule has 2 aromatic rings. The van der Waals surface area contributed by atoms with Crippen molar-refractivity contribution in [3.63, 3.8) is 0 Å². The third-order valence-electron chi connectivity index (χ3n) is 2.18. The largest absolute Gasteiger partial charge is 0.471 e. The van der Waals surface area contributed by atoms with Crippen molar-refractivity contribution in [3.05, 3.63) is 30.2 Å². The molecular formula is C11H6F6N2OS. The fourth-order valence-electron chi connectivity index (χ4n) is 1.32. The predicted octanol–water partition coefficient (Wildman–Crippen LogP) is 4.41. The van der Waals surface area contributed by atoms with Gasteiger partial charge in [0.1, 0.15) is 0 Å². The Bertz CT molecular complexity index is 604. The molecule has 2 rings (SSSR count). The summed E-state index contributed by atoms with van der Waals surface area (Å²) in [7, 11) is 0. The molecule has 0 amide bonds.